The van der Waals surface area contributed by atoms with Crippen molar-refractivity contribution in [3.63, 3.8) is 0 Å². The fraction of sp³-hybridized carbons (Fsp3) is 0.211. The summed E-state index contributed by atoms with van der Waals surface area (Å²) in [7, 11) is 0. The number of aromatic amines is 1. The minimum atomic E-state index is -0.0994. The van der Waals surface area contributed by atoms with Crippen LogP contribution in [-0.4, -0.2) is 21.1 Å². The number of amides is 1. The second-order valence-corrected chi connectivity index (χ2v) is 6.38. The van der Waals surface area contributed by atoms with Gasteiger partial charge in [-0.25, -0.2) is 4.98 Å². The van der Waals surface area contributed by atoms with E-state index in [1.54, 1.807) is 0 Å². The van der Waals surface area contributed by atoms with Crippen LogP contribution in [0.1, 0.15) is 28.3 Å². The van der Waals surface area contributed by atoms with E-state index in [2.05, 4.69) is 20.5 Å². The van der Waals surface area contributed by atoms with Gasteiger partial charge in [0.15, 0.2) is 5.82 Å². The molecule has 0 aliphatic rings. The number of hydrogen-bond acceptors (Lipinski definition) is 3. The maximum atomic E-state index is 12.0. The van der Waals surface area contributed by atoms with Crippen molar-refractivity contribution >= 4 is 17.5 Å². The molecule has 1 amide bonds. The Morgan fingerprint density at radius 3 is 2.48 bits per heavy atom. The molecule has 0 bridgehead atoms. The molecule has 3 aromatic rings. The van der Waals surface area contributed by atoms with Crippen LogP contribution < -0.4 is 5.32 Å². The highest BCUT2D eigenvalue weighted by Gasteiger charge is 2.09. The van der Waals surface area contributed by atoms with Crippen molar-refractivity contribution in [1.29, 1.82) is 0 Å². The molecule has 6 heteroatoms. The van der Waals surface area contributed by atoms with Gasteiger partial charge in [-0.2, -0.15) is 5.10 Å². The minimum absolute atomic E-state index is 0.0994. The SMILES string of the molecule is Cc1ccc(CNC(=O)Cc2n[nH]c(Cc3ccc(Cl)cc3)n2)cc1. The monoisotopic (exact) mass is 354 g/mol. The smallest absolute Gasteiger partial charge is 0.228 e. The Kier molecular flexibility index (Phi) is 5.46. The van der Waals surface area contributed by atoms with Crippen molar-refractivity contribution in [2.24, 2.45) is 0 Å². The van der Waals surface area contributed by atoms with E-state index in [-0.39, 0.29) is 12.3 Å². The van der Waals surface area contributed by atoms with Gasteiger partial charge in [-0.15, -0.1) is 0 Å². The second-order valence-electron chi connectivity index (χ2n) is 5.94. The van der Waals surface area contributed by atoms with E-state index >= 15 is 0 Å². The molecule has 2 aromatic carbocycles. The van der Waals surface area contributed by atoms with Crippen LogP contribution in [0, 0.1) is 6.92 Å². The molecule has 0 unspecified atom stereocenters. The third-order valence-corrected chi connectivity index (χ3v) is 4.04. The predicted molar refractivity (Wildman–Crippen MR) is 97.4 cm³/mol. The summed E-state index contributed by atoms with van der Waals surface area (Å²) in [6.45, 7) is 2.54. The first-order valence-electron chi connectivity index (χ1n) is 8.05. The lowest BCUT2D eigenvalue weighted by Crippen LogP contribution is -2.25. The van der Waals surface area contributed by atoms with Gasteiger partial charge in [0.05, 0.1) is 6.42 Å². The molecule has 0 aliphatic heterocycles. The topological polar surface area (TPSA) is 70.7 Å². The van der Waals surface area contributed by atoms with Crippen LogP contribution >= 0.6 is 11.6 Å². The van der Waals surface area contributed by atoms with Crippen LogP contribution in [0.3, 0.4) is 0 Å². The summed E-state index contributed by atoms with van der Waals surface area (Å²) in [4.78, 5) is 16.4. The normalized spacial score (nSPS) is 10.6. The molecule has 1 heterocycles. The zero-order valence-electron chi connectivity index (χ0n) is 13.9. The van der Waals surface area contributed by atoms with E-state index in [4.69, 9.17) is 11.6 Å². The lowest BCUT2D eigenvalue weighted by atomic mass is 10.1. The molecule has 0 atom stereocenters. The van der Waals surface area contributed by atoms with Gasteiger partial charge in [0.25, 0.3) is 0 Å². The first-order valence-corrected chi connectivity index (χ1v) is 8.43. The van der Waals surface area contributed by atoms with Crippen molar-refractivity contribution in [2.75, 3.05) is 0 Å². The number of aryl methyl sites for hydroxylation is 1. The average molecular weight is 355 g/mol. The number of halogens is 1. The number of aromatic nitrogens is 3. The number of nitrogens with zero attached hydrogens (tertiary/aromatic N) is 2. The molecule has 25 heavy (non-hydrogen) atoms. The van der Waals surface area contributed by atoms with Crippen LogP contribution in [0.25, 0.3) is 0 Å². The van der Waals surface area contributed by atoms with Gasteiger partial charge >= 0.3 is 0 Å². The summed E-state index contributed by atoms with van der Waals surface area (Å²) in [6, 6.07) is 15.6. The van der Waals surface area contributed by atoms with Gasteiger partial charge in [-0.05, 0) is 30.2 Å². The largest absolute Gasteiger partial charge is 0.352 e. The fourth-order valence-electron chi connectivity index (χ4n) is 2.40. The summed E-state index contributed by atoms with van der Waals surface area (Å²) < 4.78 is 0. The van der Waals surface area contributed by atoms with Gasteiger partial charge in [0.1, 0.15) is 5.82 Å². The zero-order chi connectivity index (χ0) is 17.6. The van der Waals surface area contributed by atoms with E-state index < -0.39 is 0 Å². The maximum Gasteiger partial charge on any atom is 0.228 e. The Morgan fingerprint density at radius 2 is 1.76 bits per heavy atom. The predicted octanol–water partition coefficient (Wildman–Crippen LogP) is 3.22. The number of rotatable bonds is 6. The first kappa shape index (κ1) is 17.2. The number of benzene rings is 2. The third-order valence-electron chi connectivity index (χ3n) is 3.79. The first-order chi connectivity index (χ1) is 12.1. The van der Waals surface area contributed by atoms with E-state index in [1.807, 2.05) is 55.5 Å². The summed E-state index contributed by atoms with van der Waals surface area (Å²) in [6.07, 6.45) is 0.776. The van der Waals surface area contributed by atoms with Gasteiger partial charge in [0.2, 0.25) is 5.91 Å². The standard InChI is InChI=1S/C19H19ClN4O/c1-13-2-4-15(5-3-13)12-21-19(25)11-18-22-17(23-24-18)10-14-6-8-16(20)9-7-14/h2-9H,10-12H2,1H3,(H,21,25)(H,22,23,24). The number of carbonyl (C=O) groups excluding carboxylic acids is 1. The van der Waals surface area contributed by atoms with Gasteiger partial charge in [-0.3, -0.25) is 9.89 Å². The zero-order valence-corrected chi connectivity index (χ0v) is 14.7. The second kappa shape index (κ2) is 7.94. The van der Waals surface area contributed by atoms with Gasteiger partial charge in [-0.1, -0.05) is 53.6 Å². The van der Waals surface area contributed by atoms with Crippen molar-refractivity contribution in [3.8, 4) is 0 Å². The number of H-pyrrole nitrogens is 1. The Morgan fingerprint density at radius 1 is 1.08 bits per heavy atom. The van der Waals surface area contributed by atoms with Crippen molar-refractivity contribution in [3.05, 3.63) is 81.9 Å². The average Bonchev–Trinajstić information content (AvgIpc) is 3.03. The molecular weight excluding hydrogens is 336 g/mol. The van der Waals surface area contributed by atoms with Crippen molar-refractivity contribution < 1.29 is 4.79 Å². The molecule has 5 nitrogen and oxygen atoms in total. The van der Waals surface area contributed by atoms with E-state index in [0.29, 0.717) is 23.8 Å². The van der Waals surface area contributed by atoms with Crippen LogP contribution in [0.15, 0.2) is 48.5 Å². The molecule has 1 aromatic heterocycles. The summed E-state index contributed by atoms with van der Waals surface area (Å²) >= 11 is 5.88. The van der Waals surface area contributed by atoms with Gasteiger partial charge < -0.3 is 5.32 Å². The lowest BCUT2D eigenvalue weighted by molar-refractivity contribution is -0.120. The van der Waals surface area contributed by atoms with Crippen LogP contribution in [0.5, 0.6) is 0 Å². The summed E-state index contributed by atoms with van der Waals surface area (Å²) in [5.41, 5.74) is 3.34. The molecule has 0 radical (unpaired) electrons. The molecule has 0 spiro atoms. The maximum absolute atomic E-state index is 12.0. The van der Waals surface area contributed by atoms with E-state index in [9.17, 15) is 4.79 Å². The minimum Gasteiger partial charge on any atom is -0.352 e. The highest BCUT2D eigenvalue weighted by Crippen LogP contribution is 2.12. The molecule has 0 aliphatic carbocycles. The molecule has 2 N–H and O–H groups in total. The Balaban J connectivity index is 1.51. The van der Waals surface area contributed by atoms with Crippen molar-refractivity contribution in [1.82, 2.24) is 20.5 Å². The molecule has 0 saturated carbocycles. The van der Waals surface area contributed by atoms with Crippen LogP contribution in [0.4, 0.5) is 0 Å². The molecular formula is C19H19ClN4O. The molecule has 0 saturated heterocycles. The Hall–Kier alpha value is -2.66. The van der Waals surface area contributed by atoms with E-state index in [1.165, 1.54) is 5.56 Å². The molecule has 128 valence electrons. The number of carbonyl (C=O) groups is 1. The molecule has 0 fully saturated rings. The Labute approximate surface area is 151 Å². The van der Waals surface area contributed by atoms with Crippen LogP contribution in [0.2, 0.25) is 5.02 Å². The van der Waals surface area contributed by atoms with E-state index in [0.717, 1.165) is 17.0 Å². The Bertz CT molecular complexity index is 841. The highest BCUT2D eigenvalue weighted by molar-refractivity contribution is 6.30. The quantitative estimate of drug-likeness (QED) is 0.714. The number of nitrogens with one attached hydrogen (secondary N) is 2. The fourth-order valence-corrected chi connectivity index (χ4v) is 2.53. The van der Waals surface area contributed by atoms with Crippen molar-refractivity contribution in [2.45, 2.75) is 26.3 Å². The lowest BCUT2D eigenvalue weighted by Gasteiger charge is -2.04. The van der Waals surface area contributed by atoms with Crippen LogP contribution in [-0.2, 0) is 24.2 Å². The van der Waals surface area contributed by atoms with Gasteiger partial charge in [0, 0.05) is 18.0 Å². The highest BCUT2D eigenvalue weighted by atomic mass is 35.5. The number of hydrogen-bond donors (Lipinski definition) is 2. The summed E-state index contributed by atoms with van der Waals surface area (Å²) in [5, 5.41) is 10.6. The summed E-state index contributed by atoms with van der Waals surface area (Å²) in [5.74, 6) is 1.12. The molecule has 3 rings (SSSR count). The third kappa shape index (κ3) is 5.16.